The van der Waals surface area contributed by atoms with Gasteiger partial charge in [-0.3, -0.25) is 0 Å². The maximum absolute atomic E-state index is 13.1. The third-order valence-electron chi connectivity index (χ3n) is 4.83. The zero-order valence-corrected chi connectivity index (χ0v) is 11.1. The van der Waals surface area contributed by atoms with Crippen molar-refractivity contribution in [3.63, 3.8) is 0 Å². The van der Waals surface area contributed by atoms with Crippen LogP contribution in [0.4, 0.5) is 4.39 Å². The van der Waals surface area contributed by atoms with Crippen LogP contribution in [0.2, 0.25) is 0 Å². The molecule has 1 saturated carbocycles. The SMILES string of the molecule is CN1C[C@@H]2CCCC[C@@H](c3ccc(F)cc3)[C@@H]2C1. The van der Waals surface area contributed by atoms with Gasteiger partial charge in [0, 0.05) is 13.1 Å². The van der Waals surface area contributed by atoms with E-state index in [0.717, 1.165) is 11.8 Å². The van der Waals surface area contributed by atoms with Crippen LogP contribution in [-0.4, -0.2) is 25.0 Å². The highest BCUT2D eigenvalue weighted by Gasteiger charge is 2.37. The van der Waals surface area contributed by atoms with Gasteiger partial charge in [-0.05, 0) is 55.3 Å². The lowest BCUT2D eigenvalue weighted by atomic mass is 9.79. The predicted molar refractivity (Wildman–Crippen MR) is 72.1 cm³/mol. The molecule has 3 atom stereocenters. The zero-order chi connectivity index (χ0) is 12.5. The first kappa shape index (κ1) is 12.2. The normalized spacial score (nSPS) is 33.1. The molecule has 0 aromatic heterocycles. The summed E-state index contributed by atoms with van der Waals surface area (Å²) in [5.41, 5.74) is 1.35. The van der Waals surface area contributed by atoms with E-state index in [1.165, 1.54) is 44.3 Å². The second-order valence-corrected chi connectivity index (χ2v) is 6.09. The van der Waals surface area contributed by atoms with Gasteiger partial charge in [-0.1, -0.05) is 25.0 Å². The molecular weight excluding hydrogens is 225 g/mol. The Morgan fingerprint density at radius 1 is 1.06 bits per heavy atom. The standard InChI is InChI=1S/C16H22FN/c1-18-10-13-4-2-3-5-15(16(13)11-18)12-6-8-14(17)9-7-12/h6-9,13,15-16H,2-5,10-11H2,1H3/t13-,15-,16+/m0/s1. The summed E-state index contributed by atoms with van der Waals surface area (Å²) in [4.78, 5) is 2.47. The number of nitrogens with zero attached hydrogens (tertiary/aromatic N) is 1. The number of hydrogen-bond acceptors (Lipinski definition) is 1. The van der Waals surface area contributed by atoms with Crippen LogP contribution in [0.3, 0.4) is 0 Å². The molecule has 0 N–H and O–H groups in total. The highest BCUT2D eigenvalue weighted by atomic mass is 19.1. The number of benzene rings is 1. The maximum Gasteiger partial charge on any atom is 0.123 e. The predicted octanol–water partition coefficient (Wildman–Crippen LogP) is 3.66. The molecule has 1 saturated heterocycles. The summed E-state index contributed by atoms with van der Waals surface area (Å²) >= 11 is 0. The van der Waals surface area contributed by atoms with Gasteiger partial charge in [0.1, 0.15) is 5.82 Å². The van der Waals surface area contributed by atoms with Crippen molar-refractivity contribution in [3.05, 3.63) is 35.6 Å². The Morgan fingerprint density at radius 2 is 1.78 bits per heavy atom. The van der Waals surface area contributed by atoms with Crippen LogP contribution in [0.5, 0.6) is 0 Å². The fraction of sp³-hybridized carbons (Fsp3) is 0.625. The van der Waals surface area contributed by atoms with Gasteiger partial charge in [0.25, 0.3) is 0 Å². The van der Waals surface area contributed by atoms with Crippen molar-refractivity contribution < 1.29 is 4.39 Å². The molecule has 3 rings (SSSR count). The van der Waals surface area contributed by atoms with Gasteiger partial charge in [-0.15, -0.1) is 0 Å². The lowest BCUT2D eigenvalue weighted by Crippen LogP contribution is -2.20. The van der Waals surface area contributed by atoms with Crippen molar-refractivity contribution in [3.8, 4) is 0 Å². The Balaban J connectivity index is 1.86. The molecule has 1 aliphatic heterocycles. The summed E-state index contributed by atoms with van der Waals surface area (Å²) in [6, 6.07) is 7.24. The van der Waals surface area contributed by atoms with Crippen LogP contribution in [0.25, 0.3) is 0 Å². The molecule has 1 aromatic carbocycles. The quantitative estimate of drug-likeness (QED) is 0.732. The molecule has 0 bridgehead atoms. The van der Waals surface area contributed by atoms with Gasteiger partial charge in [-0.25, -0.2) is 4.39 Å². The van der Waals surface area contributed by atoms with Crippen molar-refractivity contribution in [1.29, 1.82) is 0 Å². The van der Waals surface area contributed by atoms with E-state index in [9.17, 15) is 4.39 Å². The molecule has 0 spiro atoms. The zero-order valence-electron chi connectivity index (χ0n) is 11.1. The summed E-state index contributed by atoms with van der Waals surface area (Å²) in [7, 11) is 2.23. The van der Waals surface area contributed by atoms with Gasteiger partial charge in [-0.2, -0.15) is 0 Å². The van der Waals surface area contributed by atoms with Gasteiger partial charge in [0.2, 0.25) is 0 Å². The Kier molecular flexibility index (Phi) is 3.38. The van der Waals surface area contributed by atoms with Gasteiger partial charge in [0.15, 0.2) is 0 Å². The van der Waals surface area contributed by atoms with E-state index in [-0.39, 0.29) is 5.82 Å². The minimum atomic E-state index is -0.118. The number of halogens is 1. The summed E-state index contributed by atoms with van der Waals surface area (Å²) in [5.74, 6) is 2.16. The van der Waals surface area contributed by atoms with Crippen LogP contribution in [0.1, 0.15) is 37.2 Å². The van der Waals surface area contributed by atoms with Crippen molar-refractivity contribution in [2.24, 2.45) is 11.8 Å². The maximum atomic E-state index is 13.1. The first-order valence-corrected chi connectivity index (χ1v) is 7.18. The van der Waals surface area contributed by atoms with Gasteiger partial charge >= 0.3 is 0 Å². The summed E-state index contributed by atoms with van der Waals surface area (Å²) in [6.45, 7) is 2.47. The number of hydrogen-bond donors (Lipinski definition) is 0. The Hall–Kier alpha value is -0.890. The molecular formula is C16H22FN. The molecule has 0 radical (unpaired) electrons. The minimum Gasteiger partial charge on any atom is -0.306 e. The van der Waals surface area contributed by atoms with Crippen LogP contribution in [-0.2, 0) is 0 Å². The van der Waals surface area contributed by atoms with Crippen molar-refractivity contribution in [2.45, 2.75) is 31.6 Å². The van der Waals surface area contributed by atoms with E-state index in [1.807, 2.05) is 12.1 Å². The first-order valence-electron chi connectivity index (χ1n) is 7.18. The molecule has 18 heavy (non-hydrogen) atoms. The monoisotopic (exact) mass is 247 g/mol. The second kappa shape index (κ2) is 5.00. The topological polar surface area (TPSA) is 3.24 Å². The Labute approximate surface area is 109 Å². The van der Waals surface area contributed by atoms with Crippen molar-refractivity contribution in [2.75, 3.05) is 20.1 Å². The highest BCUT2D eigenvalue weighted by Crippen LogP contribution is 2.43. The van der Waals surface area contributed by atoms with Crippen LogP contribution in [0.15, 0.2) is 24.3 Å². The molecule has 1 aromatic rings. The van der Waals surface area contributed by atoms with E-state index in [0.29, 0.717) is 5.92 Å². The first-order chi connectivity index (χ1) is 8.74. The van der Waals surface area contributed by atoms with Crippen LogP contribution < -0.4 is 0 Å². The van der Waals surface area contributed by atoms with E-state index in [2.05, 4.69) is 11.9 Å². The molecule has 1 heterocycles. The Bertz CT molecular complexity index is 400. The molecule has 0 unspecified atom stereocenters. The second-order valence-electron chi connectivity index (χ2n) is 6.09. The lowest BCUT2D eigenvalue weighted by Gasteiger charge is -2.25. The van der Waals surface area contributed by atoms with Crippen molar-refractivity contribution >= 4 is 0 Å². The van der Waals surface area contributed by atoms with Crippen LogP contribution in [0, 0.1) is 17.7 Å². The van der Waals surface area contributed by atoms with E-state index in [4.69, 9.17) is 0 Å². The van der Waals surface area contributed by atoms with E-state index >= 15 is 0 Å². The molecule has 1 aliphatic carbocycles. The van der Waals surface area contributed by atoms with E-state index < -0.39 is 0 Å². The molecule has 2 fully saturated rings. The summed E-state index contributed by atoms with van der Waals surface area (Å²) in [5, 5.41) is 0. The summed E-state index contributed by atoms with van der Waals surface area (Å²) in [6.07, 6.45) is 5.36. The molecule has 2 heteroatoms. The largest absolute Gasteiger partial charge is 0.306 e. The average molecular weight is 247 g/mol. The highest BCUT2D eigenvalue weighted by molar-refractivity contribution is 5.22. The number of likely N-dealkylation sites (tertiary alicyclic amines) is 1. The van der Waals surface area contributed by atoms with Gasteiger partial charge in [0.05, 0.1) is 0 Å². The Morgan fingerprint density at radius 3 is 2.56 bits per heavy atom. The minimum absolute atomic E-state index is 0.118. The molecule has 0 amide bonds. The lowest BCUT2D eigenvalue weighted by molar-refractivity contribution is 0.348. The van der Waals surface area contributed by atoms with E-state index in [1.54, 1.807) is 12.1 Å². The molecule has 2 aliphatic rings. The number of fused-ring (bicyclic) bond motifs is 1. The third-order valence-corrected chi connectivity index (χ3v) is 4.83. The smallest absolute Gasteiger partial charge is 0.123 e. The molecule has 1 nitrogen and oxygen atoms in total. The average Bonchev–Trinajstić information content (AvgIpc) is 2.61. The third kappa shape index (κ3) is 2.31. The molecule has 98 valence electrons. The van der Waals surface area contributed by atoms with Crippen molar-refractivity contribution in [1.82, 2.24) is 4.90 Å². The fourth-order valence-corrected chi connectivity index (χ4v) is 3.99. The van der Waals surface area contributed by atoms with Crippen LogP contribution >= 0.6 is 0 Å². The fourth-order valence-electron chi connectivity index (χ4n) is 3.99. The van der Waals surface area contributed by atoms with Gasteiger partial charge < -0.3 is 4.90 Å². The summed E-state index contributed by atoms with van der Waals surface area (Å²) < 4.78 is 13.1. The number of rotatable bonds is 1.